The number of hydrogen-bond acceptors (Lipinski definition) is 6. The molecule has 0 aliphatic rings. The lowest BCUT2D eigenvalue weighted by Gasteiger charge is -2.10. The van der Waals surface area contributed by atoms with E-state index in [1.165, 1.54) is 24.3 Å². The van der Waals surface area contributed by atoms with Gasteiger partial charge >= 0.3 is 0 Å². The number of amides is 1. The van der Waals surface area contributed by atoms with E-state index < -0.39 is 35.7 Å². The third-order valence-corrected chi connectivity index (χ3v) is 6.31. The summed E-state index contributed by atoms with van der Waals surface area (Å²) in [6, 6.07) is 16.0. The fourth-order valence-corrected chi connectivity index (χ4v) is 4.78. The summed E-state index contributed by atoms with van der Waals surface area (Å²) in [6.45, 7) is 0. The minimum Gasteiger partial charge on any atom is -0.268 e. The second kappa shape index (κ2) is 8.46. The van der Waals surface area contributed by atoms with Crippen molar-refractivity contribution in [2.24, 2.45) is 5.14 Å². The van der Waals surface area contributed by atoms with Crippen molar-refractivity contribution >= 4 is 26.0 Å². The van der Waals surface area contributed by atoms with Crippen LogP contribution in [0.1, 0.15) is 21.6 Å². The molecule has 0 aliphatic heterocycles. The SMILES string of the molecule is NS(=O)(=O)c1ccccc1S(=O)(=O)NC(=O)c1ccc(C#Cc2ccccn2)cc1. The van der Waals surface area contributed by atoms with Gasteiger partial charge in [0.1, 0.15) is 15.5 Å². The van der Waals surface area contributed by atoms with Crippen molar-refractivity contribution in [3.05, 3.63) is 89.7 Å². The van der Waals surface area contributed by atoms with Crippen LogP contribution >= 0.6 is 0 Å². The van der Waals surface area contributed by atoms with E-state index in [0.717, 1.165) is 12.1 Å². The predicted molar refractivity (Wildman–Crippen MR) is 109 cm³/mol. The maximum absolute atomic E-state index is 12.5. The molecule has 30 heavy (non-hydrogen) atoms. The molecule has 0 spiro atoms. The van der Waals surface area contributed by atoms with Gasteiger partial charge in [0.25, 0.3) is 15.9 Å². The van der Waals surface area contributed by atoms with Crippen LogP contribution in [0, 0.1) is 11.8 Å². The van der Waals surface area contributed by atoms with Crippen molar-refractivity contribution in [2.75, 3.05) is 0 Å². The highest BCUT2D eigenvalue weighted by molar-refractivity contribution is 7.92. The number of aromatic nitrogens is 1. The monoisotopic (exact) mass is 441 g/mol. The maximum Gasteiger partial charge on any atom is 0.265 e. The van der Waals surface area contributed by atoms with Crippen LogP contribution in [-0.2, 0) is 20.0 Å². The Bertz CT molecular complexity index is 1360. The Morgan fingerprint density at radius 2 is 1.47 bits per heavy atom. The molecule has 2 aromatic carbocycles. The van der Waals surface area contributed by atoms with Crippen molar-refractivity contribution in [2.45, 2.75) is 9.79 Å². The first kappa shape index (κ1) is 21.2. The summed E-state index contributed by atoms with van der Waals surface area (Å²) in [7, 11) is -8.78. The van der Waals surface area contributed by atoms with Crippen molar-refractivity contribution in [3.63, 3.8) is 0 Å². The molecule has 1 aromatic heterocycles. The second-order valence-corrected chi connectivity index (χ2v) is 9.15. The highest BCUT2D eigenvalue weighted by Gasteiger charge is 2.26. The van der Waals surface area contributed by atoms with Crippen LogP contribution in [-0.4, -0.2) is 27.7 Å². The number of hydrogen-bond donors (Lipinski definition) is 2. The Balaban J connectivity index is 1.81. The van der Waals surface area contributed by atoms with Crippen molar-refractivity contribution in [3.8, 4) is 11.8 Å². The van der Waals surface area contributed by atoms with E-state index in [4.69, 9.17) is 5.14 Å². The highest BCUT2D eigenvalue weighted by Crippen LogP contribution is 2.19. The number of primary sulfonamides is 1. The lowest BCUT2D eigenvalue weighted by Crippen LogP contribution is -2.32. The Morgan fingerprint density at radius 3 is 2.07 bits per heavy atom. The third-order valence-electron chi connectivity index (χ3n) is 3.82. The average molecular weight is 441 g/mol. The van der Waals surface area contributed by atoms with Gasteiger partial charge in [0.2, 0.25) is 10.0 Å². The third kappa shape index (κ3) is 5.09. The summed E-state index contributed by atoms with van der Waals surface area (Å²) in [5.74, 6) is 4.82. The van der Waals surface area contributed by atoms with E-state index in [0.29, 0.717) is 11.3 Å². The molecule has 0 aliphatic carbocycles. The van der Waals surface area contributed by atoms with Crippen LogP contribution in [0.25, 0.3) is 0 Å². The first-order valence-electron chi connectivity index (χ1n) is 8.39. The molecule has 0 atom stereocenters. The molecule has 0 saturated carbocycles. The van der Waals surface area contributed by atoms with Crippen molar-refractivity contribution in [1.82, 2.24) is 9.71 Å². The summed E-state index contributed by atoms with van der Waals surface area (Å²) in [6.07, 6.45) is 1.62. The molecule has 0 fully saturated rings. The first-order chi connectivity index (χ1) is 14.2. The Morgan fingerprint density at radius 1 is 0.833 bits per heavy atom. The largest absolute Gasteiger partial charge is 0.268 e. The summed E-state index contributed by atoms with van der Waals surface area (Å²) in [5, 5.41) is 5.06. The molecule has 1 heterocycles. The van der Waals surface area contributed by atoms with Gasteiger partial charge in [-0.15, -0.1) is 0 Å². The lowest BCUT2D eigenvalue weighted by atomic mass is 10.1. The Labute approximate surface area is 173 Å². The zero-order chi connectivity index (χ0) is 21.8. The van der Waals surface area contributed by atoms with Crippen LogP contribution in [0.15, 0.2) is 82.7 Å². The molecule has 152 valence electrons. The molecule has 3 aromatic rings. The number of pyridine rings is 1. The minimum absolute atomic E-state index is 0.0510. The van der Waals surface area contributed by atoms with Gasteiger partial charge in [-0.25, -0.2) is 31.7 Å². The van der Waals surface area contributed by atoms with Gasteiger partial charge in [-0.1, -0.05) is 24.1 Å². The topological polar surface area (TPSA) is 136 Å². The molecule has 1 amide bonds. The van der Waals surface area contributed by atoms with Crippen LogP contribution < -0.4 is 9.86 Å². The number of sulfonamides is 2. The van der Waals surface area contributed by atoms with Crippen molar-refractivity contribution in [1.29, 1.82) is 0 Å². The zero-order valence-electron chi connectivity index (χ0n) is 15.3. The van der Waals surface area contributed by atoms with E-state index in [2.05, 4.69) is 16.8 Å². The number of benzene rings is 2. The molecule has 10 heteroatoms. The fraction of sp³-hybridized carbons (Fsp3) is 0. The van der Waals surface area contributed by atoms with Gasteiger partial charge in [0.15, 0.2) is 0 Å². The summed E-state index contributed by atoms with van der Waals surface area (Å²) < 4.78 is 50.2. The predicted octanol–water partition coefficient (Wildman–Crippen LogP) is 1.25. The lowest BCUT2D eigenvalue weighted by molar-refractivity contribution is 0.0981. The van der Waals surface area contributed by atoms with Crippen LogP contribution in [0.4, 0.5) is 0 Å². The number of carbonyl (C=O) groups is 1. The normalized spacial score (nSPS) is 11.2. The van der Waals surface area contributed by atoms with E-state index in [1.54, 1.807) is 36.5 Å². The smallest absolute Gasteiger partial charge is 0.265 e. The van der Waals surface area contributed by atoms with Crippen molar-refractivity contribution < 1.29 is 21.6 Å². The number of nitrogens with two attached hydrogens (primary N) is 1. The van der Waals surface area contributed by atoms with E-state index in [-0.39, 0.29) is 5.56 Å². The molecule has 8 nitrogen and oxygen atoms in total. The quantitative estimate of drug-likeness (QED) is 0.585. The number of carbonyl (C=O) groups excluding carboxylic acids is 1. The summed E-state index contributed by atoms with van der Waals surface area (Å²) in [4.78, 5) is 15.2. The van der Waals surface area contributed by atoms with Crippen LogP contribution in [0.5, 0.6) is 0 Å². The Hall–Kier alpha value is -3.52. The highest BCUT2D eigenvalue weighted by atomic mass is 32.2. The molecule has 0 radical (unpaired) electrons. The summed E-state index contributed by atoms with van der Waals surface area (Å²) >= 11 is 0. The average Bonchev–Trinajstić information content (AvgIpc) is 2.72. The second-order valence-electron chi connectivity index (χ2n) is 5.97. The van der Waals surface area contributed by atoms with E-state index >= 15 is 0 Å². The minimum atomic E-state index is -4.47. The Kier molecular flexibility index (Phi) is 5.98. The van der Waals surface area contributed by atoms with Gasteiger partial charge in [-0.3, -0.25) is 4.79 Å². The van der Waals surface area contributed by atoms with Gasteiger partial charge in [-0.2, -0.15) is 0 Å². The van der Waals surface area contributed by atoms with E-state index in [1.807, 2.05) is 4.72 Å². The molecular weight excluding hydrogens is 426 g/mol. The maximum atomic E-state index is 12.5. The van der Waals surface area contributed by atoms with Gasteiger partial charge < -0.3 is 0 Å². The number of nitrogens with zero attached hydrogens (tertiary/aromatic N) is 1. The standard InChI is InChI=1S/C20H15N3O5S2/c21-29(25,26)18-6-1-2-7-19(18)30(27,28)23-20(24)16-11-8-15(9-12-16)10-13-17-5-3-4-14-22-17/h1-9,11-12,14H,(H,23,24)(H2,21,25,26). The zero-order valence-corrected chi connectivity index (χ0v) is 16.9. The molecule has 0 unspecified atom stereocenters. The first-order valence-corrected chi connectivity index (χ1v) is 11.4. The van der Waals surface area contributed by atoms with Gasteiger partial charge in [-0.05, 0) is 54.5 Å². The van der Waals surface area contributed by atoms with Gasteiger partial charge in [0.05, 0.1) is 0 Å². The molecule has 0 saturated heterocycles. The fourth-order valence-electron chi connectivity index (χ4n) is 2.42. The van der Waals surface area contributed by atoms with E-state index in [9.17, 15) is 21.6 Å². The number of rotatable bonds is 4. The molecular formula is C20H15N3O5S2. The molecule has 3 N–H and O–H groups in total. The van der Waals surface area contributed by atoms with Gasteiger partial charge in [0, 0.05) is 17.3 Å². The number of nitrogens with one attached hydrogen (secondary N) is 1. The van der Waals surface area contributed by atoms with Crippen LogP contribution in [0.2, 0.25) is 0 Å². The molecule has 3 rings (SSSR count). The molecule has 0 bridgehead atoms. The summed E-state index contributed by atoms with van der Waals surface area (Å²) in [5.41, 5.74) is 1.23. The van der Waals surface area contributed by atoms with Crippen LogP contribution in [0.3, 0.4) is 0 Å².